The first-order valence-corrected chi connectivity index (χ1v) is 13.8. The summed E-state index contributed by atoms with van der Waals surface area (Å²) in [5, 5.41) is 4.42. The van der Waals surface area contributed by atoms with Gasteiger partial charge in [0.25, 0.3) is 11.1 Å². The van der Waals surface area contributed by atoms with E-state index in [0.717, 1.165) is 43.5 Å². The molecule has 0 N–H and O–H groups in total. The van der Waals surface area contributed by atoms with E-state index in [4.69, 9.17) is 0 Å². The number of hydrogen-bond acceptors (Lipinski definition) is 5. The Bertz CT molecular complexity index is 1570. The van der Waals surface area contributed by atoms with Crippen molar-refractivity contribution in [2.24, 2.45) is 0 Å². The van der Waals surface area contributed by atoms with E-state index in [1.165, 1.54) is 15.8 Å². The van der Waals surface area contributed by atoms with Gasteiger partial charge >= 0.3 is 12.4 Å². The molecule has 2 amide bonds. The molecule has 3 aliphatic heterocycles. The predicted octanol–water partition coefficient (Wildman–Crippen LogP) is 6.78. The highest BCUT2D eigenvalue weighted by Gasteiger charge is 2.47. The Labute approximate surface area is 235 Å². The zero-order valence-corrected chi connectivity index (χ0v) is 22.5. The molecule has 3 atom stereocenters. The minimum atomic E-state index is -4.98. The molecule has 0 radical (unpaired) electrons. The number of amides is 2. The van der Waals surface area contributed by atoms with Gasteiger partial charge in [0.15, 0.2) is 0 Å². The monoisotopic (exact) mass is 594 g/mol. The van der Waals surface area contributed by atoms with Crippen molar-refractivity contribution >= 4 is 39.9 Å². The summed E-state index contributed by atoms with van der Waals surface area (Å²) < 4.78 is 81.2. The average molecular weight is 595 g/mol. The third-order valence-corrected chi connectivity index (χ3v) is 9.17. The minimum Gasteiger partial charge on any atom is -0.300 e. The number of rotatable bonds is 4. The van der Waals surface area contributed by atoms with Crippen molar-refractivity contribution in [1.29, 1.82) is 0 Å². The minimum absolute atomic E-state index is 0.114. The van der Waals surface area contributed by atoms with E-state index in [9.17, 15) is 35.9 Å². The van der Waals surface area contributed by atoms with E-state index < -0.39 is 30.0 Å². The van der Waals surface area contributed by atoms with Gasteiger partial charge in [0, 0.05) is 23.5 Å². The summed E-state index contributed by atoms with van der Waals surface area (Å²) in [5.41, 5.74) is -2.03. The highest BCUT2D eigenvalue weighted by Crippen LogP contribution is 2.42. The highest BCUT2D eigenvalue weighted by molar-refractivity contribution is 8.18. The van der Waals surface area contributed by atoms with Crippen molar-refractivity contribution in [3.8, 4) is 0 Å². The average Bonchev–Trinajstić information content (AvgIpc) is 3.46. The summed E-state index contributed by atoms with van der Waals surface area (Å²) in [6, 6.07) is 7.12. The van der Waals surface area contributed by atoms with E-state index in [1.54, 1.807) is 24.3 Å². The van der Waals surface area contributed by atoms with Gasteiger partial charge in [-0.1, -0.05) is 12.1 Å². The van der Waals surface area contributed by atoms with Gasteiger partial charge in [-0.15, -0.1) is 0 Å². The number of hydrogen-bond donors (Lipinski definition) is 0. The Balaban J connectivity index is 1.23. The topological polar surface area (TPSA) is 58.4 Å². The predicted molar refractivity (Wildman–Crippen MR) is 141 cm³/mol. The number of carbonyl (C=O) groups excluding carboxylic acids is 2. The quantitative estimate of drug-likeness (QED) is 0.246. The number of benzene rings is 2. The molecule has 6 nitrogen and oxygen atoms in total. The number of carbonyl (C=O) groups is 2. The van der Waals surface area contributed by atoms with Gasteiger partial charge in [-0.05, 0) is 86.0 Å². The van der Waals surface area contributed by atoms with Crippen molar-refractivity contribution in [3.05, 3.63) is 69.8 Å². The molecule has 4 heterocycles. The summed E-state index contributed by atoms with van der Waals surface area (Å²) in [7, 11) is 2.09. The molecule has 2 unspecified atom stereocenters. The Kier molecular flexibility index (Phi) is 6.72. The van der Waals surface area contributed by atoms with E-state index in [0.29, 0.717) is 39.5 Å². The van der Waals surface area contributed by atoms with Crippen molar-refractivity contribution in [1.82, 2.24) is 19.6 Å². The number of piperidine rings is 1. The number of thioether (sulfide) groups is 1. The third-order valence-electron chi connectivity index (χ3n) is 8.29. The molecule has 1 aromatic heterocycles. The van der Waals surface area contributed by atoms with Gasteiger partial charge in [-0.3, -0.25) is 19.2 Å². The molecule has 216 valence electrons. The third kappa shape index (κ3) is 5.14. The van der Waals surface area contributed by atoms with Crippen molar-refractivity contribution in [3.63, 3.8) is 0 Å². The van der Waals surface area contributed by atoms with Crippen LogP contribution in [0.5, 0.6) is 0 Å². The smallest absolute Gasteiger partial charge is 0.300 e. The molecule has 0 aliphatic carbocycles. The fourth-order valence-corrected chi connectivity index (χ4v) is 7.08. The first-order chi connectivity index (χ1) is 19.3. The number of nitrogens with zero attached hydrogens (tertiary/aromatic N) is 4. The SMILES string of the molecule is CN1C2CC[C@@H]1CC(N1C(=O)S/C(=C\c3ccc4c(cnn4Cc4ccc(C(F)(F)F)cc4C(F)(F)F)c3)C1=O)C2. The van der Waals surface area contributed by atoms with Crippen LogP contribution >= 0.6 is 11.8 Å². The van der Waals surface area contributed by atoms with Crippen LogP contribution < -0.4 is 0 Å². The molecule has 13 heteroatoms. The fourth-order valence-electron chi connectivity index (χ4n) is 6.18. The lowest BCUT2D eigenvalue weighted by atomic mass is 9.96. The molecule has 0 saturated carbocycles. The van der Waals surface area contributed by atoms with Crippen molar-refractivity contribution in [2.45, 2.75) is 62.7 Å². The maximum atomic E-state index is 13.6. The molecular formula is C28H24F6N4O2S. The van der Waals surface area contributed by atoms with E-state index in [1.807, 2.05) is 0 Å². The summed E-state index contributed by atoms with van der Waals surface area (Å²) in [6.07, 6.45) is -3.19. The van der Waals surface area contributed by atoms with Gasteiger partial charge < -0.3 is 4.90 Å². The van der Waals surface area contributed by atoms with Crippen LogP contribution in [-0.2, 0) is 23.7 Å². The molecule has 6 rings (SSSR count). The number of halogens is 6. The van der Waals surface area contributed by atoms with Crippen LogP contribution in [0.25, 0.3) is 17.0 Å². The normalized spacial score (nSPS) is 24.8. The summed E-state index contributed by atoms with van der Waals surface area (Å²) in [4.78, 5) is 30.1. The Morgan fingerprint density at radius 1 is 0.951 bits per heavy atom. The van der Waals surface area contributed by atoms with Crippen LogP contribution in [0.15, 0.2) is 47.5 Å². The second-order valence-electron chi connectivity index (χ2n) is 10.7. The zero-order chi connectivity index (χ0) is 29.3. The van der Waals surface area contributed by atoms with Gasteiger partial charge in [-0.2, -0.15) is 31.4 Å². The molecular weight excluding hydrogens is 570 g/mol. The second-order valence-corrected chi connectivity index (χ2v) is 11.7. The Morgan fingerprint density at radius 3 is 2.32 bits per heavy atom. The highest BCUT2D eigenvalue weighted by atomic mass is 32.2. The van der Waals surface area contributed by atoms with Gasteiger partial charge in [0.1, 0.15) is 0 Å². The van der Waals surface area contributed by atoms with Crippen molar-refractivity contribution in [2.75, 3.05) is 7.05 Å². The molecule has 2 aromatic carbocycles. The molecule has 2 bridgehead atoms. The molecule has 3 saturated heterocycles. The second kappa shape index (κ2) is 9.90. The largest absolute Gasteiger partial charge is 0.416 e. The van der Waals surface area contributed by atoms with Crippen LogP contribution in [0.4, 0.5) is 31.1 Å². The Hall–Kier alpha value is -3.32. The van der Waals surface area contributed by atoms with Crippen molar-refractivity contribution < 1.29 is 35.9 Å². The Morgan fingerprint density at radius 2 is 1.66 bits per heavy atom. The van der Waals surface area contributed by atoms with E-state index in [2.05, 4.69) is 17.0 Å². The van der Waals surface area contributed by atoms with Crippen LogP contribution in [0, 0.1) is 0 Å². The lowest BCUT2D eigenvalue weighted by molar-refractivity contribution is -0.143. The summed E-state index contributed by atoms with van der Waals surface area (Å²) in [5.74, 6) is -0.327. The van der Waals surface area contributed by atoms with E-state index in [-0.39, 0.29) is 28.8 Å². The first-order valence-electron chi connectivity index (χ1n) is 13.0. The lowest BCUT2D eigenvalue weighted by Gasteiger charge is -2.39. The number of fused-ring (bicyclic) bond motifs is 3. The van der Waals surface area contributed by atoms with Gasteiger partial charge in [-0.25, -0.2) is 0 Å². The van der Waals surface area contributed by atoms with E-state index >= 15 is 0 Å². The first kappa shape index (κ1) is 27.8. The summed E-state index contributed by atoms with van der Waals surface area (Å²) >= 11 is 0.890. The standard InChI is InChI=1S/C28H24F6N4O2S/c1-36-19-5-6-20(36)12-21(11-19)38-25(39)24(41-26(38)40)9-15-2-7-23-17(8-15)13-35-37(23)14-16-3-4-18(27(29,30)31)10-22(16)28(32,33)34/h2-4,7-10,13,19-21H,5-6,11-12,14H2,1H3/b24-9-/t19-,20?,21?/m1/s1. The lowest BCUT2D eigenvalue weighted by Crippen LogP contribution is -2.50. The fraction of sp³-hybridized carbons (Fsp3) is 0.393. The van der Waals surface area contributed by atoms with Crippen LogP contribution in [0.2, 0.25) is 0 Å². The summed E-state index contributed by atoms with van der Waals surface area (Å²) in [6.45, 7) is -0.396. The number of aromatic nitrogens is 2. The maximum absolute atomic E-state index is 13.6. The molecule has 3 aromatic rings. The van der Waals surface area contributed by atoms with Crippen LogP contribution in [0.3, 0.4) is 0 Å². The number of imide groups is 1. The molecule has 0 spiro atoms. The van der Waals surface area contributed by atoms with Gasteiger partial charge in [0.2, 0.25) is 0 Å². The zero-order valence-electron chi connectivity index (χ0n) is 21.7. The maximum Gasteiger partial charge on any atom is 0.416 e. The van der Waals surface area contributed by atoms with Crippen LogP contribution in [-0.4, -0.2) is 55.9 Å². The number of alkyl halides is 6. The molecule has 3 fully saturated rings. The molecule has 41 heavy (non-hydrogen) atoms. The van der Waals surface area contributed by atoms with Gasteiger partial charge in [0.05, 0.1) is 34.3 Å². The van der Waals surface area contributed by atoms with Crippen LogP contribution in [0.1, 0.15) is 47.9 Å². The molecule has 3 aliphatic rings.